The maximum Gasteiger partial charge on any atom is 0.0746 e. The molecule has 0 spiro atoms. The first-order chi connectivity index (χ1) is 7.81. The van der Waals surface area contributed by atoms with Gasteiger partial charge in [0.1, 0.15) is 0 Å². The number of ether oxygens (including phenoxy) is 1. The molecule has 3 heterocycles. The smallest absolute Gasteiger partial charge is 0.0746 e. The molecular formula is C13H18N2O. The molecule has 3 rings (SSSR count). The normalized spacial score (nSPS) is 34.2. The Kier molecular flexibility index (Phi) is 2.65. The summed E-state index contributed by atoms with van der Waals surface area (Å²) in [4.78, 5) is 6.54. The van der Waals surface area contributed by atoms with Crippen molar-refractivity contribution in [2.24, 2.45) is 5.92 Å². The van der Waals surface area contributed by atoms with Crippen molar-refractivity contribution in [2.45, 2.75) is 32.1 Å². The van der Waals surface area contributed by atoms with Crippen molar-refractivity contribution in [3.8, 4) is 0 Å². The van der Waals surface area contributed by atoms with Gasteiger partial charge in [-0.2, -0.15) is 0 Å². The van der Waals surface area contributed by atoms with Gasteiger partial charge < -0.3 is 4.74 Å². The Bertz CT molecular complexity index is 340. The lowest BCUT2D eigenvalue weighted by Crippen LogP contribution is -2.24. The molecule has 2 saturated heterocycles. The minimum absolute atomic E-state index is 0.470. The highest BCUT2D eigenvalue weighted by molar-refractivity contribution is 5.10. The van der Waals surface area contributed by atoms with E-state index in [4.69, 9.17) is 4.74 Å². The molecule has 2 aliphatic heterocycles. The van der Waals surface area contributed by atoms with E-state index in [0.29, 0.717) is 12.2 Å². The van der Waals surface area contributed by atoms with Crippen LogP contribution < -0.4 is 0 Å². The zero-order valence-corrected chi connectivity index (χ0v) is 9.67. The number of fused-ring (bicyclic) bond motifs is 1. The third-order valence-corrected chi connectivity index (χ3v) is 3.65. The predicted octanol–water partition coefficient (Wildman–Crippen LogP) is 1.69. The summed E-state index contributed by atoms with van der Waals surface area (Å²) < 4.78 is 5.90. The summed E-state index contributed by atoms with van der Waals surface area (Å²) in [6, 6.07) is 4.19. The van der Waals surface area contributed by atoms with Gasteiger partial charge >= 0.3 is 0 Å². The van der Waals surface area contributed by atoms with Crippen molar-refractivity contribution in [3.05, 3.63) is 30.1 Å². The van der Waals surface area contributed by atoms with Crippen LogP contribution in [-0.4, -0.2) is 35.2 Å². The number of nitrogens with zero attached hydrogens (tertiary/aromatic N) is 2. The fourth-order valence-electron chi connectivity index (χ4n) is 2.96. The molecule has 16 heavy (non-hydrogen) atoms. The highest BCUT2D eigenvalue weighted by Crippen LogP contribution is 2.33. The van der Waals surface area contributed by atoms with E-state index in [1.807, 2.05) is 12.4 Å². The van der Waals surface area contributed by atoms with Crippen LogP contribution in [0.2, 0.25) is 0 Å². The van der Waals surface area contributed by atoms with Crippen LogP contribution in [-0.2, 0) is 11.3 Å². The van der Waals surface area contributed by atoms with E-state index in [1.165, 1.54) is 18.5 Å². The Balaban J connectivity index is 1.60. The first-order valence-corrected chi connectivity index (χ1v) is 6.08. The van der Waals surface area contributed by atoms with Gasteiger partial charge in [0.05, 0.1) is 12.2 Å². The molecule has 86 valence electrons. The zero-order chi connectivity index (χ0) is 11.0. The number of hydrogen-bond donors (Lipinski definition) is 0. The van der Waals surface area contributed by atoms with Gasteiger partial charge in [0.2, 0.25) is 0 Å². The molecule has 1 aromatic rings. The molecule has 3 atom stereocenters. The number of pyridine rings is 1. The van der Waals surface area contributed by atoms with E-state index in [9.17, 15) is 0 Å². The van der Waals surface area contributed by atoms with Gasteiger partial charge in [-0.1, -0.05) is 0 Å². The molecule has 0 aromatic carbocycles. The molecule has 0 aliphatic carbocycles. The van der Waals surface area contributed by atoms with Gasteiger partial charge in [-0.15, -0.1) is 0 Å². The minimum Gasteiger partial charge on any atom is -0.374 e. The molecule has 0 unspecified atom stereocenters. The summed E-state index contributed by atoms with van der Waals surface area (Å²) in [5, 5.41) is 0. The number of aromatic nitrogens is 1. The lowest BCUT2D eigenvalue weighted by atomic mass is 10.0. The standard InChI is InChI=1S/C13H18N2O/c1-10-6-12-8-15(9-13(12)16-10)7-11-2-4-14-5-3-11/h2-5,10,12-13H,6-9H2,1H3/t10-,12+,13-/m1/s1. The Hall–Kier alpha value is -0.930. The van der Waals surface area contributed by atoms with Gasteiger partial charge in [0.15, 0.2) is 0 Å². The Labute approximate surface area is 96.4 Å². The van der Waals surface area contributed by atoms with E-state index in [0.717, 1.165) is 19.0 Å². The zero-order valence-electron chi connectivity index (χ0n) is 9.67. The number of rotatable bonds is 2. The molecule has 3 heteroatoms. The van der Waals surface area contributed by atoms with Crippen LogP contribution in [0, 0.1) is 5.92 Å². The van der Waals surface area contributed by atoms with Crippen LogP contribution in [0.15, 0.2) is 24.5 Å². The molecule has 3 nitrogen and oxygen atoms in total. The number of hydrogen-bond acceptors (Lipinski definition) is 3. The molecule has 0 amide bonds. The molecule has 1 aromatic heterocycles. The maximum absolute atomic E-state index is 5.90. The Morgan fingerprint density at radius 1 is 1.38 bits per heavy atom. The average Bonchev–Trinajstić information content (AvgIpc) is 2.76. The van der Waals surface area contributed by atoms with Gasteiger partial charge in [0.25, 0.3) is 0 Å². The molecule has 0 bridgehead atoms. The highest BCUT2D eigenvalue weighted by atomic mass is 16.5. The number of likely N-dealkylation sites (tertiary alicyclic amines) is 1. The fraction of sp³-hybridized carbons (Fsp3) is 0.615. The average molecular weight is 218 g/mol. The van der Waals surface area contributed by atoms with Crippen molar-refractivity contribution in [1.29, 1.82) is 0 Å². The summed E-state index contributed by atoms with van der Waals surface area (Å²) in [6.45, 7) is 5.51. The molecule has 2 aliphatic rings. The van der Waals surface area contributed by atoms with Crippen molar-refractivity contribution >= 4 is 0 Å². The first kappa shape index (κ1) is 10.2. The second-order valence-corrected chi connectivity index (χ2v) is 5.03. The van der Waals surface area contributed by atoms with Crippen molar-refractivity contribution in [3.63, 3.8) is 0 Å². The third kappa shape index (κ3) is 1.97. The Morgan fingerprint density at radius 2 is 2.19 bits per heavy atom. The molecule has 2 fully saturated rings. The summed E-state index contributed by atoms with van der Waals surface area (Å²) in [6.07, 6.45) is 5.92. The molecule has 0 radical (unpaired) electrons. The van der Waals surface area contributed by atoms with Crippen LogP contribution in [0.3, 0.4) is 0 Å². The summed E-state index contributed by atoms with van der Waals surface area (Å²) >= 11 is 0. The van der Waals surface area contributed by atoms with Crippen LogP contribution in [0.1, 0.15) is 18.9 Å². The Morgan fingerprint density at radius 3 is 2.94 bits per heavy atom. The topological polar surface area (TPSA) is 25.4 Å². The van der Waals surface area contributed by atoms with Crippen LogP contribution in [0.5, 0.6) is 0 Å². The van der Waals surface area contributed by atoms with E-state index in [1.54, 1.807) is 0 Å². The van der Waals surface area contributed by atoms with Gasteiger partial charge in [-0.25, -0.2) is 0 Å². The predicted molar refractivity (Wildman–Crippen MR) is 62.0 cm³/mol. The van der Waals surface area contributed by atoms with E-state index < -0.39 is 0 Å². The monoisotopic (exact) mass is 218 g/mol. The quantitative estimate of drug-likeness (QED) is 0.755. The largest absolute Gasteiger partial charge is 0.374 e. The van der Waals surface area contributed by atoms with E-state index in [2.05, 4.69) is 28.9 Å². The summed E-state index contributed by atoms with van der Waals surface area (Å²) in [7, 11) is 0. The third-order valence-electron chi connectivity index (χ3n) is 3.65. The summed E-state index contributed by atoms with van der Waals surface area (Å²) in [5.41, 5.74) is 1.35. The molecular weight excluding hydrogens is 200 g/mol. The molecule has 0 saturated carbocycles. The first-order valence-electron chi connectivity index (χ1n) is 6.08. The molecule has 0 N–H and O–H groups in total. The van der Waals surface area contributed by atoms with Crippen molar-refractivity contribution < 1.29 is 4.74 Å². The highest BCUT2D eigenvalue weighted by Gasteiger charge is 2.40. The SMILES string of the molecule is C[C@@H]1C[C@H]2CN(Cc3ccncc3)C[C@H]2O1. The van der Waals surface area contributed by atoms with E-state index >= 15 is 0 Å². The van der Waals surface area contributed by atoms with Gasteiger partial charge in [-0.05, 0) is 31.0 Å². The second-order valence-electron chi connectivity index (χ2n) is 5.03. The van der Waals surface area contributed by atoms with Gasteiger partial charge in [-0.3, -0.25) is 9.88 Å². The minimum atomic E-state index is 0.470. The lowest BCUT2D eigenvalue weighted by Gasteiger charge is -2.17. The maximum atomic E-state index is 5.90. The lowest BCUT2D eigenvalue weighted by molar-refractivity contribution is 0.0478. The fourth-order valence-corrected chi connectivity index (χ4v) is 2.96. The van der Waals surface area contributed by atoms with Crippen molar-refractivity contribution in [1.82, 2.24) is 9.88 Å². The van der Waals surface area contributed by atoms with Crippen molar-refractivity contribution in [2.75, 3.05) is 13.1 Å². The van der Waals surface area contributed by atoms with Crippen LogP contribution in [0.4, 0.5) is 0 Å². The summed E-state index contributed by atoms with van der Waals surface area (Å²) in [5.74, 6) is 0.761. The second kappa shape index (κ2) is 4.15. The van der Waals surface area contributed by atoms with Crippen LogP contribution >= 0.6 is 0 Å². The van der Waals surface area contributed by atoms with E-state index in [-0.39, 0.29) is 0 Å². The van der Waals surface area contributed by atoms with Crippen LogP contribution in [0.25, 0.3) is 0 Å². The van der Waals surface area contributed by atoms with Gasteiger partial charge in [0, 0.05) is 37.9 Å².